The highest BCUT2D eigenvalue weighted by Crippen LogP contribution is 2.25. The Morgan fingerprint density at radius 2 is 2.16 bits per heavy atom. The Morgan fingerprint density at radius 3 is 2.74 bits per heavy atom. The van der Waals surface area contributed by atoms with Crippen LogP contribution in [0, 0.1) is 5.92 Å². The Bertz CT molecular complexity index is 435. The van der Waals surface area contributed by atoms with Crippen LogP contribution in [0.1, 0.15) is 19.8 Å². The fourth-order valence-electron chi connectivity index (χ4n) is 2.92. The van der Waals surface area contributed by atoms with Crippen molar-refractivity contribution in [2.75, 3.05) is 31.2 Å². The second-order valence-corrected chi connectivity index (χ2v) is 7.45. The minimum atomic E-state index is -3.15. The van der Waals surface area contributed by atoms with Crippen molar-refractivity contribution in [2.24, 2.45) is 5.92 Å². The number of carbonyl (C=O) groups is 1. The van der Waals surface area contributed by atoms with Gasteiger partial charge in [0, 0.05) is 6.54 Å². The van der Waals surface area contributed by atoms with Gasteiger partial charge in [-0.25, -0.2) is 8.42 Å². The van der Waals surface area contributed by atoms with Crippen molar-refractivity contribution in [1.82, 2.24) is 4.90 Å². The van der Waals surface area contributed by atoms with Gasteiger partial charge in [0.2, 0.25) is 0 Å². The number of rotatable bonds is 3. The van der Waals surface area contributed by atoms with Gasteiger partial charge in [0.1, 0.15) is 0 Å². The van der Waals surface area contributed by atoms with Crippen molar-refractivity contribution in [3.8, 4) is 0 Å². The molecule has 0 bridgehead atoms. The monoisotopic (exact) mass is 291 g/mol. The minimum absolute atomic E-state index is 0.0102. The molecule has 3 atom stereocenters. The summed E-state index contributed by atoms with van der Waals surface area (Å²) in [6.07, 6.45) is 0.753. The molecule has 110 valence electrons. The Morgan fingerprint density at radius 1 is 1.42 bits per heavy atom. The summed E-state index contributed by atoms with van der Waals surface area (Å²) in [5.74, 6) is -0.603. The van der Waals surface area contributed by atoms with E-state index < -0.39 is 15.9 Å². The number of aliphatic hydroxyl groups excluding tert-OH is 1. The SMILES string of the molecule is CCOC(=O)[C@H]1CCCN(C2CS(=O)(=O)CC2O)C1. The highest BCUT2D eigenvalue weighted by molar-refractivity contribution is 7.91. The number of sulfone groups is 1. The summed E-state index contributed by atoms with van der Waals surface area (Å²) in [7, 11) is -3.15. The summed E-state index contributed by atoms with van der Waals surface area (Å²) in [6, 6.07) is -0.373. The molecule has 6 nitrogen and oxygen atoms in total. The van der Waals surface area contributed by atoms with Gasteiger partial charge in [0.15, 0.2) is 9.84 Å². The number of esters is 1. The van der Waals surface area contributed by atoms with Crippen molar-refractivity contribution < 1.29 is 23.1 Å². The molecule has 2 unspecified atom stereocenters. The van der Waals surface area contributed by atoms with Gasteiger partial charge in [-0.3, -0.25) is 9.69 Å². The first kappa shape index (κ1) is 14.7. The maximum absolute atomic E-state index is 11.7. The minimum Gasteiger partial charge on any atom is -0.466 e. The first-order valence-corrected chi connectivity index (χ1v) is 8.54. The van der Waals surface area contributed by atoms with Crippen LogP contribution in [0.15, 0.2) is 0 Å². The lowest BCUT2D eigenvalue weighted by Crippen LogP contribution is -2.49. The normalized spacial score (nSPS) is 35.2. The molecule has 2 heterocycles. The van der Waals surface area contributed by atoms with E-state index in [2.05, 4.69) is 0 Å². The maximum Gasteiger partial charge on any atom is 0.310 e. The van der Waals surface area contributed by atoms with Gasteiger partial charge in [-0.05, 0) is 26.3 Å². The molecule has 19 heavy (non-hydrogen) atoms. The van der Waals surface area contributed by atoms with Crippen molar-refractivity contribution >= 4 is 15.8 Å². The molecule has 2 saturated heterocycles. The van der Waals surface area contributed by atoms with E-state index in [1.54, 1.807) is 6.92 Å². The van der Waals surface area contributed by atoms with Gasteiger partial charge in [0.05, 0.1) is 36.2 Å². The van der Waals surface area contributed by atoms with E-state index in [0.29, 0.717) is 13.2 Å². The summed E-state index contributed by atoms with van der Waals surface area (Å²) in [4.78, 5) is 13.7. The molecule has 0 aromatic heterocycles. The van der Waals surface area contributed by atoms with Crippen LogP contribution in [0.2, 0.25) is 0 Å². The Balaban J connectivity index is 2.00. The zero-order valence-corrected chi connectivity index (χ0v) is 11.9. The number of piperidine rings is 1. The number of nitrogens with zero attached hydrogens (tertiary/aromatic N) is 1. The third kappa shape index (κ3) is 3.46. The lowest BCUT2D eigenvalue weighted by atomic mass is 9.96. The fourth-order valence-corrected chi connectivity index (χ4v) is 4.75. The summed E-state index contributed by atoms with van der Waals surface area (Å²) < 4.78 is 28.1. The molecule has 2 rings (SSSR count). The second-order valence-electron chi connectivity index (χ2n) is 5.30. The highest BCUT2D eigenvalue weighted by Gasteiger charge is 2.42. The van der Waals surface area contributed by atoms with Crippen molar-refractivity contribution in [3.63, 3.8) is 0 Å². The van der Waals surface area contributed by atoms with E-state index in [4.69, 9.17) is 4.74 Å². The molecule has 0 spiro atoms. The Hall–Kier alpha value is -0.660. The first-order chi connectivity index (χ1) is 8.93. The summed E-state index contributed by atoms with van der Waals surface area (Å²) in [5.41, 5.74) is 0. The lowest BCUT2D eigenvalue weighted by Gasteiger charge is -2.36. The third-order valence-corrected chi connectivity index (χ3v) is 5.53. The van der Waals surface area contributed by atoms with Crippen LogP contribution >= 0.6 is 0 Å². The van der Waals surface area contributed by atoms with Crippen LogP contribution in [0.25, 0.3) is 0 Å². The van der Waals surface area contributed by atoms with Crippen LogP contribution in [-0.2, 0) is 19.4 Å². The fraction of sp³-hybridized carbons (Fsp3) is 0.917. The van der Waals surface area contributed by atoms with E-state index in [-0.39, 0.29) is 29.4 Å². The van der Waals surface area contributed by atoms with Gasteiger partial charge in [0.25, 0.3) is 0 Å². The lowest BCUT2D eigenvalue weighted by molar-refractivity contribution is -0.150. The molecule has 2 fully saturated rings. The molecule has 7 heteroatoms. The number of hydrogen-bond donors (Lipinski definition) is 1. The standard InChI is InChI=1S/C12H21NO5S/c1-2-18-12(15)9-4-3-5-13(6-9)10-7-19(16,17)8-11(10)14/h9-11,14H,2-8H2,1H3/t9-,10?,11?/m0/s1. The van der Waals surface area contributed by atoms with Crippen LogP contribution < -0.4 is 0 Å². The molecule has 0 saturated carbocycles. The van der Waals surface area contributed by atoms with E-state index in [0.717, 1.165) is 19.4 Å². The summed E-state index contributed by atoms with van der Waals surface area (Å²) >= 11 is 0. The second kappa shape index (κ2) is 5.76. The van der Waals surface area contributed by atoms with E-state index in [9.17, 15) is 18.3 Å². The van der Waals surface area contributed by atoms with E-state index in [1.807, 2.05) is 4.90 Å². The number of likely N-dealkylation sites (tertiary alicyclic amines) is 1. The molecule has 0 amide bonds. The molecule has 0 aromatic rings. The first-order valence-electron chi connectivity index (χ1n) is 6.72. The zero-order valence-electron chi connectivity index (χ0n) is 11.1. The van der Waals surface area contributed by atoms with Gasteiger partial charge in [-0.15, -0.1) is 0 Å². The number of hydrogen-bond acceptors (Lipinski definition) is 6. The molecule has 0 aliphatic carbocycles. The zero-order chi connectivity index (χ0) is 14.0. The van der Waals surface area contributed by atoms with Gasteiger partial charge in [-0.1, -0.05) is 0 Å². The van der Waals surface area contributed by atoms with Crippen LogP contribution in [0.5, 0.6) is 0 Å². The predicted octanol–water partition coefficient (Wildman–Crippen LogP) is -0.581. The largest absolute Gasteiger partial charge is 0.466 e. The van der Waals surface area contributed by atoms with Crippen molar-refractivity contribution in [2.45, 2.75) is 31.9 Å². The maximum atomic E-state index is 11.7. The third-order valence-electron chi connectivity index (χ3n) is 3.84. The van der Waals surface area contributed by atoms with Gasteiger partial charge >= 0.3 is 5.97 Å². The van der Waals surface area contributed by atoms with Crippen LogP contribution in [-0.4, -0.2) is 67.7 Å². The number of aliphatic hydroxyl groups is 1. The van der Waals surface area contributed by atoms with E-state index >= 15 is 0 Å². The Kier molecular flexibility index (Phi) is 4.47. The number of carbonyl (C=O) groups excluding carboxylic acids is 1. The average Bonchev–Trinajstić information content (AvgIpc) is 2.63. The quantitative estimate of drug-likeness (QED) is 0.700. The van der Waals surface area contributed by atoms with Crippen LogP contribution in [0.4, 0.5) is 0 Å². The van der Waals surface area contributed by atoms with Crippen molar-refractivity contribution in [3.05, 3.63) is 0 Å². The summed E-state index contributed by atoms with van der Waals surface area (Å²) in [6.45, 7) is 3.34. The van der Waals surface area contributed by atoms with E-state index in [1.165, 1.54) is 0 Å². The molecule has 1 N–H and O–H groups in total. The average molecular weight is 291 g/mol. The molecule has 0 aromatic carbocycles. The molecule has 2 aliphatic heterocycles. The smallest absolute Gasteiger partial charge is 0.310 e. The Labute approximate surface area is 113 Å². The van der Waals surface area contributed by atoms with Crippen molar-refractivity contribution in [1.29, 1.82) is 0 Å². The molecular weight excluding hydrogens is 270 g/mol. The van der Waals surface area contributed by atoms with Crippen LogP contribution in [0.3, 0.4) is 0 Å². The van der Waals surface area contributed by atoms with Gasteiger partial charge < -0.3 is 9.84 Å². The highest BCUT2D eigenvalue weighted by atomic mass is 32.2. The summed E-state index contributed by atoms with van der Waals surface area (Å²) in [5, 5.41) is 9.87. The molecular formula is C12H21NO5S. The van der Waals surface area contributed by atoms with Gasteiger partial charge in [-0.2, -0.15) is 0 Å². The molecule has 0 radical (unpaired) electrons. The topological polar surface area (TPSA) is 83.9 Å². The predicted molar refractivity (Wildman–Crippen MR) is 69.4 cm³/mol. The number of ether oxygens (including phenoxy) is 1. The molecule has 2 aliphatic rings.